The predicted molar refractivity (Wildman–Crippen MR) is 81.7 cm³/mol. The molecule has 0 spiro atoms. The van der Waals surface area contributed by atoms with Gasteiger partial charge in [0.25, 0.3) is 0 Å². The normalized spacial score (nSPS) is 18.2. The smallest absolute Gasteiger partial charge is 0.0469 e. The summed E-state index contributed by atoms with van der Waals surface area (Å²) in [6.07, 6.45) is 6.11. The van der Waals surface area contributed by atoms with Crippen LogP contribution in [-0.4, -0.2) is 24.7 Å². The average molecular weight is 270 g/mol. The van der Waals surface area contributed by atoms with Crippen molar-refractivity contribution in [3.05, 3.63) is 42.2 Å². The summed E-state index contributed by atoms with van der Waals surface area (Å²) >= 11 is 0. The molecular weight excluding hydrogens is 248 g/mol. The highest BCUT2D eigenvalue weighted by Crippen LogP contribution is 2.33. The van der Waals surface area contributed by atoms with E-state index in [4.69, 9.17) is 4.74 Å². The molecule has 1 aliphatic rings. The average Bonchev–Trinajstić information content (AvgIpc) is 2.53. The number of hydrogen-bond acceptors (Lipinski definition) is 3. The summed E-state index contributed by atoms with van der Waals surface area (Å²) in [5.74, 6) is 0.655. The lowest BCUT2D eigenvalue weighted by atomic mass is 9.85. The second-order valence-corrected chi connectivity index (χ2v) is 5.43. The van der Waals surface area contributed by atoms with E-state index in [1.807, 2.05) is 12.4 Å². The molecule has 3 nitrogen and oxygen atoms in total. The van der Waals surface area contributed by atoms with E-state index in [9.17, 15) is 0 Å². The summed E-state index contributed by atoms with van der Waals surface area (Å²) in [5.41, 5.74) is 1.40. The van der Waals surface area contributed by atoms with Crippen molar-refractivity contribution in [2.75, 3.05) is 19.8 Å². The molecule has 0 saturated carbocycles. The Balaban J connectivity index is 2.00. The molecule has 0 aliphatic carbocycles. The van der Waals surface area contributed by atoms with Crippen molar-refractivity contribution in [2.24, 2.45) is 5.92 Å². The maximum absolute atomic E-state index is 5.51. The maximum Gasteiger partial charge on any atom is 0.0469 e. The number of fused-ring (bicyclic) bond motifs is 1. The molecular formula is C17H22N2O. The molecule has 0 bridgehead atoms. The fourth-order valence-corrected chi connectivity index (χ4v) is 3.22. The zero-order valence-corrected chi connectivity index (χ0v) is 12.0. The van der Waals surface area contributed by atoms with Gasteiger partial charge in [0.15, 0.2) is 0 Å². The Morgan fingerprint density at radius 3 is 2.95 bits per heavy atom. The summed E-state index contributed by atoms with van der Waals surface area (Å²) in [6.45, 7) is 4.94. The Bertz CT molecular complexity index is 558. The van der Waals surface area contributed by atoms with Gasteiger partial charge in [0.2, 0.25) is 0 Å². The van der Waals surface area contributed by atoms with Gasteiger partial charge in [0.1, 0.15) is 0 Å². The van der Waals surface area contributed by atoms with Gasteiger partial charge in [-0.25, -0.2) is 0 Å². The maximum atomic E-state index is 5.51. The zero-order chi connectivity index (χ0) is 13.8. The van der Waals surface area contributed by atoms with Crippen LogP contribution in [0.25, 0.3) is 10.8 Å². The van der Waals surface area contributed by atoms with Crippen LogP contribution in [0.1, 0.15) is 31.4 Å². The highest BCUT2D eigenvalue weighted by Gasteiger charge is 2.25. The van der Waals surface area contributed by atoms with Crippen LogP contribution in [0.5, 0.6) is 0 Å². The highest BCUT2D eigenvalue weighted by atomic mass is 16.5. The Morgan fingerprint density at radius 1 is 1.30 bits per heavy atom. The molecule has 1 fully saturated rings. The topological polar surface area (TPSA) is 34.2 Å². The van der Waals surface area contributed by atoms with Crippen LogP contribution in [0.4, 0.5) is 0 Å². The van der Waals surface area contributed by atoms with E-state index in [0.717, 1.165) is 32.6 Å². The molecule has 1 unspecified atom stereocenters. The summed E-state index contributed by atoms with van der Waals surface area (Å²) in [7, 11) is 0. The summed E-state index contributed by atoms with van der Waals surface area (Å²) in [6, 6.07) is 9.08. The molecule has 20 heavy (non-hydrogen) atoms. The Hall–Kier alpha value is -1.45. The molecule has 3 heteroatoms. The fourth-order valence-electron chi connectivity index (χ4n) is 3.22. The lowest BCUT2D eigenvalue weighted by molar-refractivity contribution is 0.0540. The van der Waals surface area contributed by atoms with Crippen molar-refractivity contribution in [1.29, 1.82) is 0 Å². The number of nitrogens with zero attached hydrogens (tertiary/aromatic N) is 1. The Labute approximate surface area is 120 Å². The van der Waals surface area contributed by atoms with Gasteiger partial charge in [-0.1, -0.05) is 25.1 Å². The van der Waals surface area contributed by atoms with Crippen molar-refractivity contribution in [3.63, 3.8) is 0 Å². The van der Waals surface area contributed by atoms with Gasteiger partial charge < -0.3 is 10.1 Å². The van der Waals surface area contributed by atoms with E-state index in [0.29, 0.717) is 12.0 Å². The molecule has 1 atom stereocenters. The first-order chi connectivity index (χ1) is 9.90. The molecule has 1 saturated heterocycles. The number of benzene rings is 1. The lowest BCUT2D eigenvalue weighted by Crippen LogP contribution is -2.32. The minimum absolute atomic E-state index is 0.412. The van der Waals surface area contributed by atoms with E-state index in [1.165, 1.54) is 16.3 Å². The molecule has 2 aromatic rings. The molecule has 1 N–H and O–H groups in total. The zero-order valence-electron chi connectivity index (χ0n) is 12.0. The van der Waals surface area contributed by atoms with Gasteiger partial charge in [-0.3, -0.25) is 4.98 Å². The van der Waals surface area contributed by atoms with Crippen LogP contribution in [-0.2, 0) is 4.74 Å². The highest BCUT2D eigenvalue weighted by molar-refractivity contribution is 5.85. The van der Waals surface area contributed by atoms with Crippen LogP contribution >= 0.6 is 0 Å². The van der Waals surface area contributed by atoms with Crippen LogP contribution in [0, 0.1) is 5.92 Å². The van der Waals surface area contributed by atoms with Crippen molar-refractivity contribution in [3.8, 4) is 0 Å². The van der Waals surface area contributed by atoms with Crippen LogP contribution in [0.2, 0.25) is 0 Å². The van der Waals surface area contributed by atoms with Gasteiger partial charge >= 0.3 is 0 Å². The van der Waals surface area contributed by atoms with E-state index >= 15 is 0 Å². The molecule has 1 aliphatic heterocycles. The second kappa shape index (κ2) is 6.33. The first-order valence-corrected chi connectivity index (χ1v) is 7.54. The van der Waals surface area contributed by atoms with Gasteiger partial charge in [0, 0.05) is 37.0 Å². The van der Waals surface area contributed by atoms with Crippen LogP contribution < -0.4 is 5.32 Å². The van der Waals surface area contributed by atoms with Crippen molar-refractivity contribution < 1.29 is 4.74 Å². The third-order valence-corrected chi connectivity index (χ3v) is 4.21. The van der Waals surface area contributed by atoms with E-state index in [2.05, 4.69) is 41.5 Å². The van der Waals surface area contributed by atoms with Crippen molar-refractivity contribution in [1.82, 2.24) is 10.3 Å². The van der Waals surface area contributed by atoms with E-state index < -0.39 is 0 Å². The lowest BCUT2D eigenvalue weighted by Gasteiger charge is -2.32. The third-order valence-electron chi connectivity index (χ3n) is 4.21. The number of aromatic nitrogens is 1. The number of ether oxygens (including phenoxy) is 1. The van der Waals surface area contributed by atoms with Gasteiger partial charge in [-0.15, -0.1) is 0 Å². The minimum atomic E-state index is 0.412. The molecule has 0 amide bonds. The van der Waals surface area contributed by atoms with Crippen molar-refractivity contribution >= 4 is 10.8 Å². The van der Waals surface area contributed by atoms with Crippen LogP contribution in [0.3, 0.4) is 0 Å². The van der Waals surface area contributed by atoms with E-state index in [1.54, 1.807) is 0 Å². The number of rotatable bonds is 4. The molecule has 3 rings (SSSR count). The molecule has 1 aromatic heterocycles. The SMILES string of the molecule is CCNC(c1cccc2cnccc12)C1CCOCC1. The predicted octanol–water partition coefficient (Wildman–Crippen LogP) is 3.31. The molecule has 0 radical (unpaired) electrons. The first kappa shape index (κ1) is 13.5. The first-order valence-electron chi connectivity index (χ1n) is 7.54. The second-order valence-electron chi connectivity index (χ2n) is 5.43. The van der Waals surface area contributed by atoms with Crippen LogP contribution in [0.15, 0.2) is 36.7 Å². The Kier molecular flexibility index (Phi) is 4.28. The van der Waals surface area contributed by atoms with Gasteiger partial charge in [-0.05, 0) is 42.3 Å². The standard InChI is InChI=1S/C17H22N2O/c1-2-19-17(13-7-10-20-11-8-13)16-5-3-4-14-12-18-9-6-15(14)16/h3-6,9,12-13,17,19H,2,7-8,10-11H2,1H3. The van der Waals surface area contributed by atoms with Gasteiger partial charge in [-0.2, -0.15) is 0 Å². The van der Waals surface area contributed by atoms with E-state index in [-0.39, 0.29) is 0 Å². The molecule has 1 aromatic carbocycles. The number of pyridine rings is 1. The van der Waals surface area contributed by atoms with Gasteiger partial charge in [0.05, 0.1) is 0 Å². The fraction of sp³-hybridized carbons (Fsp3) is 0.471. The molecule has 2 heterocycles. The largest absolute Gasteiger partial charge is 0.381 e. The quantitative estimate of drug-likeness (QED) is 0.925. The van der Waals surface area contributed by atoms with Crippen molar-refractivity contribution in [2.45, 2.75) is 25.8 Å². The number of hydrogen-bond donors (Lipinski definition) is 1. The summed E-state index contributed by atoms with van der Waals surface area (Å²) in [5, 5.41) is 6.23. The Morgan fingerprint density at radius 2 is 2.15 bits per heavy atom. The summed E-state index contributed by atoms with van der Waals surface area (Å²) < 4.78 is 5.51. The molecule has 106 valence electrons. The summed E-state index contributed by atoms with van der Waals surface area (Å²) in [4.78, 5) is 4.23. The monoisotopic (exact) mass is 270 g/mol. The number of nitrogens with one attached hydrogen (secondary N) is 1. The minimum Gasteiger partial charge on any atom is -0.381 e. The third kappa shape index (κ3) is 2.69.